The van der Waals surface area contributed by atoms with Gasteiger partial charge in [0.2, 0.25) is 0 Å². The third-order valence-corrected chi connectivity index (χ3v) is 7.22. The van der Waals surface area contributed by atoms with Crippen molar-refractivity contribution in [1.82, 2.24) is 0 Å². The lowest BCUT2D eigenvalue weighted by Gasteiger charge is -2.46. The molecule has 7 heteroatoms. The van der Waals surface area contributed by atoms with Gasteiger partial charge in [-0.3, -0.25) is 0 Å². The van der Waals surface area contributed by atoms with Crippen LogP contribution in [-0.4, -0.2) is 55.6 Å². The van der Waals surface area contributed by atoms with Crippen molar-refractivity contribution in [1.29, 1.82) is 0 Å². The van der Waals surface area contributed by atoms with Gasteiger partial charge >= 0.3 is 0 Å². The zero-order valence-corrected chi connectivity index (χ0v) is 24.3. The molecule has 43 heavy (non-hydrogen) atoms. The third-order valence-electron chi connectivity index (χ3n) is 7.22. The molecule has 226 valence electrons. The van der Waals surface area contributed by atoms with Gasteiger partial charge in [0.25, 0.3) is 0 Å². The van der Waals surface area contributed by atoms with E-state index in [1.807, 2.05) is 121 Å². The molecule has 5 rings (SSSR count). The molecule has 1 fully saturated rings. The molecule has 1 heterocycles. The van der Waals surface area contributed by atoms with E-state index in [2.05, 4.69) is 0 Å². The molecule has 0 radical (unpaired) electrons. The number of rotatable bonds is 16. The predicted octanol–water partition coefficient (Wildman–Crippen LogP) is 5.69. The van der Waals surface area contributed by atoms with Crippen molar-refractivity contribution in [2.75, 3.05) is 19.8 Å². The molecule has 1 saturated heterocycles. The standard InChI is InChI=1S/C36H40O7/c37-21-22-38-27-32-33(39-23-28-13-5-1-6-14-28)34(40-24-29-15-7-2-8-16-29)35(41-25-30-17-9-3-10-18-30)36(43-32)42-26-31-19-11-4-12-20-31/h1-20,32-37H,21-27H2/t32-,33-,34+,35-,36?/m1/s1. The summed E-state index contributed by atoms with van der Waals surface area (Å²) in [5.74, 6) is 0. The first kappa shape index (κ1) is 31.0. The Bertz CT molecular complexity index is 1290. The normalized spacial score (nSPS) is 21.9. The Kier molecular flexibility index (Phi) is 12.3. The molecule has 0 amide bonds. The van der Waals surface area contributed by atoms with Gasteiger partial charge in [0.05, 0.1) is 46.2 Å². The number of benzene rings is 4. The van der Waals surface area contributed by atoms with Crippen LogP contribution in [0, 0.1) is 0 Å². The van der Waals surface area contributed by atoms with Gasteiger partial charge in [0.1, 0.15) is 24.4 Å². The van der Waals surface area contributed by atoms with Crippen LogP contribution in [-0.2, 0) is 54.8 Å². The Morgan fingerprint density at radius 3 is 1.33 bits per heavy atom. The molecule has 1 aliphatic rings. The fraction of sp³-hybridized carbons (Fsp3) is 0.333. The highest BCUT2D eigenvalue weighted by molar-refractivity contribution is 5.16. The first-order chi connectivity index (χ1) is 21.3. The molecular weight excluding hydrogens is 544 g/mol. The monoisotopic (exact) mass is 584 g/mol. The summed E-state index contributed by atoms with van der Waals surface area (Å²) in [5.41, 5.74) is 4.11. The molecule has 4 aromatic carbocycles. The number of ether oxygens (including phenoxy) is 6. The van der Waals surface area contributed by atoms with E-state index in [4.69, 9.17) is 28.4 Å². The van der Waals surface area contributed by atoms with Crippen molar-refractivity contribution < 1.29 is 33.5 Å². The minimum absolute atomic E-state index is 0.0903. The van der Waals surface area contributed by atoms with Crippen LogP contribution >= 0.6 is 0 Å². The quantitative estimate of drug-likeness (QED) is 0.170. The van der Waals surface area contributed by atoms with E-state index in [1.165, 1.54) is 0 Å². The molecule has 1 N–H and O–H groups in total. The van der Waals surface area contributed by atoms with Crippen LogP contribution in [0.25, 0.3) is 0 Å². The molecule has 0 aliphatic carbocycles. The van der Waals surface area contributed by atoms with Gasteiger partial charge in [0.15, 0.2) is 6.29 Å². The van der Waals surface area contributed by atoms with Crippen LogP contribution in [0.3, 0.4) is 0 Å². The molecule has 1 unspecified atom stereocenters. The topological polar surface area (TPSA) is 75.6 Å². The van der Waals surface area contributed by atoms with Crippen LogP contribution in [0.1, 0.15) is 22.3 Å². The average molecular weight is 585 g/mol. The second-order valence-corrected chi connectivity index (χ2v) is 10.4. The van der Waals surface area contributed by atoms with Crippen LogP contribution < -0.4 is 0 Å². The molecule has 4 aromatic rings. The van der Waals surface area contributed by atoms with Gasteiger partial charge < -0.3 is 33.5 Å². The molecule has 1 aliphatic heterocycles. The van der Waals surface area contributed by atoms with Gasteiger partial charge in [0, 0.05) is 0 Å². The van der Waals surface area contributed by atoms with Crippen molar-refractivity contribution >= 4 is 0 Å². The van der Waals surface area contributed by atoms with Gasteiger partial charge in [-0.15, -0.1) is 0 Å². The summed E-state index contributed by atoms with van der Waals surface area (Å²) in [7, 11) is 0. The van der Waals surface area contributed by atoms with E-state index in [0.717, 1.165) is 22.3 Å². The Morgan fingerprint density at radius 1 is 0.488 bits per heavy atom. The third kappa shape index (κ3) is 9.55. The zero-order chi connectivity index (χ0) is 29.5. The number of hydrogen-bond donors (Lipinski definition) is 1. The van der Waals surface area contributed by atoms with E-state index in [-0.39, 0.29) is 19.8 Å². The molecule has 0 saturated carbocycles. The lowest BCUT2D eigenvalue weighted by Crippen LogP contribution is -2.61. The maximum absolute atomic E-state index is 9.39. The predicted molar refractivity (Wildman–Crippen MR) is 163 cm³/mol. The number of aliphatic hydroxyl groups excluding tert-OH is 1. The van der Waals surface area contributed by atoms with Crippen molar-refractivity contribution in [2.24, 2.45) is 0 Å². The number of aliphatic hydroxyl groups is 1. The highest BCUT2D eigenvalue weighted by atomic mass is 16.7. The van der Waals surface area contributed by atoms with Crippen molar-refractivity contribution in [3.05, 3.63) is 144 Å². The van der Waals surface area contributed by atoms with Crippen molar-refractivity contribution in [3.8, 4) is 0 Å². The first-order valence-corrected chi connectivity index (χ1v) is 14.8. The minimum Gasteiger partial charge on any atom is -0.394 e. The lowest BCUT2D eigenvalue weighted by molar-refractivity contribution is -0.330. The fourth-order valence-electron chi connectivity index (χ4n) is 5.03. The maximum Gasteiger partial charge on any atom is 0.187 e. The molecular formula is C36H40O7. The summed E-state index contributed by atoms with van der Waals surface area (Å²) in [4.78, 5) is 0. The van der Waals surface area contributed by atoms with E-state index in [1.54, 1.807) is 0 Å². The summed E-state index contributed by atoms with van der Waals surface area (Å²) in [6.45, 7) is 1.69. The Balaban J connectivity index is 1.44. The van der Waals surface area contributed by atoms with E-state index in [9.17, 15) is 5.11 Å². The largest absolute Gasteiger partial charge is 0.394 e. The van der Waals surface area contributed by atoms with Gasteiger partial charge in [-0.2, -0.15) is 0 Å². The van der Waals surface area contributed by atoms with E-state index < -0.39 is 30.7 Å². The molecule has 0 aromatic heterocycles. The first-order valence-electron chi connectivity index (χ1n) is 14.8. The maximum atomic E-state index is 9.39. The van der Waals surface area contributed by atoms with Gasteiger partial charge in [-0.05, 0) is 22.3 Å². The van der Waals surface area contributed by atoms with Crippen LogP contribution in [0.2, 0.25) is 0 Å². The summed E-state index contributed by atoms with van der Waals surface area (Å²) < 4.78 is 38.6. The smallest absolute Gasteiger partial charge is 0.187 e. The Hall–Kier alpha value is -3.40. The highest BCUT2D eigenvalue weighted by Gasteiger charge is 2.49. The Morgan fingerprint density at radius 2 is 0.884 bits per heavy atom. The average Bonchev–Trinajstić information content (AvgIpc) is 3.07. The lowest BCUT2D eigenvalue weighted by atomic mass is 9.97. The number of hydrogen-bond acceptors (Lipinski definition) is 7. The summed E-state index contributed by atoms with van der Waals surface area (Å²) in [6, 6.07) is 40.0. The van der Waals surface area contributed by atoms with Gasteiger partial charge in [-0.1, -0.05) is 121 Å². The van der Waals surface area contributed by atoms with Crippen molar-refractivity contribution in [2.45, 2.75) is 57.1 Å². The Labute approximate surface area is 253 Å². The highest BCUT2D eigenvalue weighted by Crippen LogP contribution is 2.32. The zero-order valence-electron chi connectivity index (χ0n) is 24.3. The summed E-state index contributed by atoms with van der Waals surface area (Å²) >= 11 is 0. The second kappa shape index (κ2) is 17.0. The SMILES string of the molecule is OCCOC[C@H]1OC(OCc2ccccc2)[C@H](OCc2ccccc2)[C@@H](OCc2ccccc2)[C@@H]1OCc1ccccc1. The van der Waals surface area contributed by atoms with Crippen LogP contribution in [0.15, 0.2) is 121 Å². The van der Waals surface area contributed by atoms with Crippen LogP contribution in [0.4, 0.5) is 0 Å². The van der Waals surface area contributed by atoms with Gasteiger partial charge in [-0.25, -0.2) is 0 Å². The fourth-order valence-corrected chi connectivity index (χ4v) is 5.03. The summed E-state index contributed by atoms with van der Waals surface area (Å²) in [5, 5.41) is 9.39. The molecule has 0 bridgehead atoms. The van der Waals surface area contributed by atoms with E-state index >= 15 is 0 Å². The minimum atomic E-state index is -0.760. The second-order valence-electron chi connectivity index (χ2n) is 10.4. The van der Waals surface area contributed by atoms with Crippen molar-refractivity contribution in [3.63, 3.8) is 0 Å². The van der Waals surface area contributed by atoms with E-state index in [0.29, 0.717) is 26.4 Å². The molecule has 7 nitrogen and oxygen atoms in total. The summed E-state index contributed by atoms with van der Waals surface area (Å²) in [6.07, 6.45) is -3.00. The molecule has 0 spiro atoms. The molecule has 5 atom stereocenters. The van der Waals surface area contributed by atoms with Crippen LogP contribution in [0.5, 0.6) is 0 Å².